The van der Waals surface area contributed by atoms with Crippen LogP contribution in [0.25, 0.3) is 0 Å². The van der Waals surface area contributed by atoms with Gasteiger partial charge in [0, 0.05) is 17.8 Å². The van der Waals surface area contributed by atoms with E-state index in [1.54, 1.807) is 12.1 Å². The van der Waals surface area contributed by atoms with E-state index in [1.807, 2.05) is 0 Å². The van der Waals surface area contributed by atoms with Gasteiger partial charge < -0.3 is 10.0 Å². The van der Waals surface area contributed by atoms with Crippen LogP contribution in [0.4, 0.5) is 19.0 Å². The molecule has 1 aliphatic carbocycles. The van der Waals surface area contributed by atoms with Crippen molar-refractivity contribution in [3.8, 4) is 0 Å². The van der Waals surface area contributed by atoms with Crippen LogP contribution in [-0.2, 0) is 6.61 Å². The number of aliphatic hydroxyl groups is 1. The van der Waals surface area contributed by atoms with Gasteiger partial charge in [-0.2, -0.15) is 13.2 Å². The van der Waals surface area contributed by atoms with Crippen LogP contribution in [0.1, 0.15) is 18.4 Å². The molecule has 1 fully saturated rings. The molecular formula is C11H13F3N2O. The molecule has 1 heterocycles. The Hall–Kier alpha value is -1.30. The summed E-state index contributed by atoms with van der Waals surface area (Å²) in [6, 6.07) is 3.10. The van der Waals surface area contributed by atoms with E-state index in [0.717, 1.165) is 12.8 Å². The van der Waals surface area contributed by atoms with Crippen molar-refractivity contribution >= 4 is 5.82 Å². The van der Waals surface area contributed by atoms with Gasteiger partial charge in [0.25, 0.3) is 0 Å². The van der Waals surface area contributed by atoms with E-state index in [-0.39, 0.29) is 18.5 Å². The number of halogens is 3. The second-order valence-corrected chi connectivity index (χ2v) is 4.12. The lowest BCUT2D eigenvalue weighted by Crippen LogP contribution is -2.37. The Morgan fingerprint density at radius 3 is 2.65 bits per heavy atom. The molecule has 1 N–H and O–H groups in total. The van der Waals surface area contributed by atoms with E-state index in [0.29, 0.717) is 5.56 Å². The van der Waals surface area contributed by atoms with Gasteiger partial charge in [0.2, 0.25) is 0 Å². The van der Waals surface area contributed by atoms with Crippen LogP contribution in [0.3, 0.4) is 0 Å². The maximum atomic E-state index is 12.5. The zero-order valence-corrected chi connectivity index (χ0v) is 9.11. The highest BCUT2D eigenvalue weighted by Crippen LogP contribution is 2.34. The molecule has 0 bridgehead atoms. The Morgan fingerprint density at radius 2 is 2.12 bits per heavy atom. The van der Waals surface area contributed by atoms with E-state index in [2.05, 4.69) is 4.98 Å². The van der Waals surface area contributed by atoms with E-state index in [1.165, 1.54) is 11.1 Å². The standard InChI is InChI=1S/C11H13F3N2O/c12-11(13,14)7-16(9-3-4-9)10-8(6-17)2-1-5-15-10/h1-2,5,9,17H,3-4,6-7H2. The van der Waals surface area contributed by atoms with Crippen LogP contribution in [0, 0.1) is 0 Å². The first kappa shape index (κ1) is 12.2. The molecule has 1 aliphatic rings. The Morgan fingerprint density at radius 1 is 1.41 bits per heavy atom. The van der Waals surface area contributed by atoms with Gasteiger partial charge >= 0.3 is 6.18 Å². The van der Waals surface area contributed by atoms with Crippen LogP contribution in [0.2, 0.25) is 0 Å². The minimum atomic E-state index is -4.26. The molecular weight excluding hydrogens is 233 g/mol. The van der Waals surface area contributed by atoms with Crippen molar-refractivity contribution < 1.29 is 18.3 Å². The fraction of sp³-hybridized carbons (Fsp3) is 0.545. The summed E-state index contributed by atoms with van der Waals surface area (Å²) in [4.78, 5) is 5.20. The average molecular weight is 246 g/mol. The predicted molar refractivity (Wildman–Crippen MR) is 56.6 cm³/mol. The van der Waals surface area contributed by atoms with Crippen LogP contribution in [-0.4, -0.2) is 28.9 Å². The summed E-state index contributed by atoms with van der Waals surface area (Å²) in [6.07, 6.45) is -1.32. The number of pyridine rings is 1. The van der Waals surface area contributed by atoms with Gasteiger partial charge in [0.15, 0.2) is 0 Å². The molecule has 0 atom stereocenters. The number of aliphatic hydroxyl groups excluding tert-OH is 1. The second-order valence-electron chi connectivity index (χ2n) is 4.12. The van der Waals surface area contributed by atoms with Gasteiger partial charge in [0.05, 0.1) is 6.61 Å². The summed E-state index contributed by atoms with van der Waals surface area (Å²) >= 11 is 0. The van der Waals surface area contributed by atoms with Crippen molar-refractivity contribution in [1.82, 2.24) is 4.98 Å². The zero-order valence-electron chi connectivity index (χ0n) is 9.11. The monoisotopic (exact) mass is 246 g/mol. The Kier molecular flexibility index (Phi) is 3.24. The minimum Gasteiger partial charge on any atom is -0.392 e. The Bertz CT molecular complexity index is 391. The molecule has 0 unspecified atom stereocenters. The predicted octanol–water partition coefficient (Wildman–Crippen LogP) is 2.10. The molecule has 3 nitrogen and oxygen atoms in total. The lowest BCUT2D eigenvalue weighted by Gasteiger charge is -2.26. The number of hydrogen-bond acceptors (Lipinski definition) is 3. The van der Waals surface area contributed by atoms with Crippen LogP contribution in [0.5, 0.6) is 0 Å². The highest BCUT2D eigenvalue weighted by atomic mass is 19.4. The molecule has 1 aromatic heterocycles. The Balaban J connectivity index is 2.26. The van der Waals surface area contributed by atoms with E-state index < -0.39 is 12.7 Å². The third kappa shape index (κ3) is 3.09. The van der Waals surface area contributed by atoms with E-state index in [4.69, 9.17) is 5.11 Å². The molecule has 0 saturated heterocycles. The molecule has 0 spiro atoms. The summed E-state index contributed by atoms with van der Waals surface area (Å²) in [5, 5.41) is 9.12. The lowest BCUT2D eigenvalue weighted by molar-refractivity contribution is -0.120. The summed E-state index contributed by atoms with van der Waals surface area (Å²) in [5.41, 5.74) is 0.434. The number of hydrogen-bond donors (Lipinski definition) is 1. The number of rotatable bonds is 4. The third-order valence-corrected chi connectivity index (χ3v) is 2.65. The first-order valence-corrected chi connectivity index (χ1v) is 5.39. The first-order valence-electron chi connectivity index (χ1n) is 5.39. The molecule has 0 radical (unpaired) electrons. The van der Waals surface area contributed by atoms with Crippen LogP contribution < -0.4 is 4.90 Å². The number of alkyl halides is 3. The lowest BCUT2D eigenvalue weighted by atomic mass is 10.2. The van der Waals surface area contributed by atoms with E-state index >= 15 is 0 Å². The van der Waals surface area contributed by atoms with Crippen molar-refractivity contribution in [2.24, 2.45) is 0 Å². The van der Waals surface area contributed by atoms with Crippen molar-refractivity contribution in [3.05, 3.63) is 23.9 Å². The summed E-state index contributed by atoms with van der Waals surface area (Å²) in [6.45, 7) is -1.31. The second kappa shape index (κ2) is 4.52. The topological polar surface area (TPSA) is 36.4 Å². The van der Waals surface area contributed by atoms with Crippen LogP contribution in [0.15, 0.2) is 18.3 Å². The molecule has 1 aromatic rings. The molecule has 1 saturated carbocycles. The highest BCUT2D eigenvalue weighted by molar-refractivity contribution is 5.48. The smallest absolute Gasteiger partial charge is 0.392 e. The van der Waals surface area contributed by atoms with Gasteiger partial charge in [-0.15, -0.1) is 0 Å². The third-order valence-electron chi connectivity index (χ3n) is 2.65. The van der Waals surface area contributed by atoms with Gasteiger partial charge in [-0.05, 0) is 18.9 Å². The summed E-state index contributed by atoms with van der Waals surface area (Å²) in [7, 11) is 0. The average Bonchev–Trinajstić information content (AvgIpc) is 3.08. The molecule has 94 valence electrons. The van der Waals surface area contributed by atoms with Gasteiger partial charge in [0.1, 0.15) is 12.4 Å². The van der Waals surface area contributed by atoms with E-state index in [9.17, 15) is 13.2 Å². The SMILES string of the molecule is OCc1cccnc1N(CC(F)(F)F)C1CC1. The highest BCUT2D eigenvalue weighted by Gasteiger charge is 2.39. The molecule has 6 heteroatoms. The summed E-state index contributed by atoms with van der Waals surface area (Å²) in [5.74, 6) is 0.245. The quantitative estimate of drug-likeness (QED) is 0.883. The van der Waals surface area contributed by atoms with Crippen molar-refractivity contribution in [3.63, 3.8) is 0 Å². The van der Waals surface area contributed by atoms with Crippen LogP contribution >= 0.6 is 0 Å². The number of anilines is 1. The number of aromatic nitrogens is 1. The van der Waals surface area contributed by atoms with Crippen molar-refractivity contribution in [1.29, 1.82) is 0 Å². The number of nitrogens with zero attached hydrogens (tertiary/aromatic N) is 2. The molecule has 0 amide bonds. The Labute approximate surface area is 96.9 Å². The van der Waals surface area contributed by atoms with Gasteiger partial charge in [-0.3, -0.25) is 0 Å². The molecule has 0 aliphatic heterocycles. The molecule has 17 heavy (non-hydrogen) atoms. The van der Waals surface area contributed by atoms with Crippen molar-refractivity contribution in [2.45, 2.75) is 31.7 Å². The molecule has 0 aromatic carbocycles. The van der Waals surface area contributed by atoms with Gasteiger partial charge in [-0.1, -0.05) is 6.07 Å². The molecule has 2 rings (SSSR count). The van der Waals surface area contributed by atoms with Crippen molar-refractivity contribution in [2.75, 3.05) is 11.4 Å². The fourth-order valence-corrected chi connectivity index (χ4v) is 1.77. The van der Waals surface area contributed by atoms with Gasteiger partial charge in [-0.25, -0.2) is 4.98 Å². The maximum Gasteiger partial charge on any atom is 0.405 e. The maximum absolute atomic E-state index is 12.5. The summed E-state index contributed by atoms with van der Waals surface area (Å²) < 4.78 is 37.4. The largest absolute Gasteiger partial charge is 0.405 e. The first-order chi connectivity index (χ1) is 8.01. The minimum absolute atomic E-state index is 0.100. The normalized spacial score (nSPS) is 16.0. The fourth-order valence-electron chi connectivity index (χ4n) is 1.77. The zero-order chi connectivity index (χ0) is 12.5.